The highest BCUT2D eigenvalue weighted by Gasteiger charge is 2.35. The Kier molecular flexibility index (Phi) is 3.31. The third-order valence-corrected chi connectivity index (χ3v) is 4.09. The van der Waals surface area contributed by atoms with Crippen LogP contribution in [0.25, 0.3) is 0 Å². The SMILES string of the molecule is CC1(NC(=O)c2n[nH]c(C(C)(C)C)n2)Cc2ccccc2C1. The molecular weight excluding hydrogens is 276 g/mol. The minimum atomic E-state index is -0.275. The standard InChI is InChI=1S/C17H22N4O/c1-16(2,3)15-18-13(20-21-15)14(22)19-17(4)9-11-7-5-6-8-12(11)10-17/h5-8H,9-10H2,1-4H3,(H,19,22)(H,18,20,21). The van der Waals surface area contributed by atoms with Gasteiger partial charge in [-0.25, -0.2) is 4.98 Å². The normalized spacial score (nSPS) is 16.4. The molecule has 0 fully saturated rings. The lowest BCUT2D eigenvalue weighted by atomic mass is 9.96. The number of rotatable bonds is 2. The first-order valence-electron chi connectivity index (χ1n) is 7.59. The average molecular weight is 298 g/mol. The summed E-state index contributed by atoms with van der Waals surface area (Å²) in [6, 6.07) is 8.32. The second-order valence-electron chi connectivity index (χ2n) is 7.39. The van der Waals surface area contributed by atoms with Gasteiger partial charge in [0.1, 0.15) is 5.82 Å². The molecule has 0 unspecified atom stereocenters. The highest BCUT2D eigenvalue weighted by atomic mass is 16.2. The number of H-pyrrole nitrogens is 1. The molecule has 1 heterocycles. The van der Waals surface area contributed by atoms with Crippen LogP contribution in [-0.4, -0.2) is 26.6 Å². The van der Waals surface area contributed by atoms with E-state index in [1.807, 2.05) is 32.9 Å². The van der Waals surface area contributed by atoms with Crippen LogP contribution in [0, 0.1) is 0 Å². The Labute approximate surface area is 130 Å². The molecule has 2 aromatic rings. The number of benzene rings is 1. The van der Waals surface area contributed by atoms with Gasteiger partial charge in [0.2, 0.25) is 5.82 Å². The Balaban J connectivity index is 1.74. The quantitative estimate of drug-likeness (QED) is 0.894. The van der Waals surface area contributed by atoms with Crippen molar-refractivity contribution in [1.82, 2.24) is 20.5 Å². The minimum Gasteiger partial charge on any atom is -0.343 e. The van der Waals surface area contributed by atoms with Crippen LogP contribution in [0.15, 0.2) is 24.3 Å². The second kappa shape index (κ2) is 4.93. The van der Waals surface area contributed by atoms with E-state index in [4.69, 9.17) is 0 Å². The predicted octanol–water partition coefficient (Wildman–Crippen LogP) is 2.39. The molecule has 22 heavy (non-hydrogen) atoms. The van der Waals surface area contributed by atoms with E-state index in [9.17, 15) is 4.79 Å². The van der Waals surface area contributed by atoms with Gasteiger partial charge in [-0.05, 0) is 30.9 Å². The molecule has 0 aliphatic heterocycles. The molecule has 0 saturated carbocycles. The fourth-order valence-electron chi connectivity index (χ4n) is 2.92. The van der Waals surface area contributed by atoms with Gasteiger partial charge in [0, 0.05) is 11.0 Å². The number of hydrogen-bond donors (Lipinski definition) is 2. The zero-order valence-electron chi connectivity index (χ0n) is 13.5. The molecule has 0 radical (unpaired) electrons. The molecule has 1 aliphatic rings. The van der Waals surface area contributed by atoms with Crippen molar-refractivity contribution in [1.29, 1.82) is 0 Å². The number of amides is 1. The van der Waals surface area contributed by atoms with Gasteiger partial charge in [0.15, 0.2) is 0 Å². The largest absolute Gasteiger partial charge is 0.343 e. The first kappa shape index (κ1) is 14.8. The second-order valence-corrected chi connectivity index (χ2v) is 7.39. The van der Waals surface area contributed by atoms with Gasteiger partial charge in [0.25, 0.3) is 5.91 Å². The van der Waals surface area contributed by atoms with Crippen molar-refractivity contribution < 1.29 is 4.79 Å². The van der Waals surface area contributed by atoms with Crippen LogP contribution in [0.4, 0.5) is 0 Å². The first-order chi connectivity index (χ1) is 10.3. The number of hydrogen-bond acceptors (Lipinski definition) is 3. The monoisotopic (exact) mass is 298 g/mol. The molecule has 116 valence electrons. The molecule has 0 spiro atoms. The van der Waals surface area contributed by atoms with Gasteiger partial charge in [0.05, 0.1) is 0 Å². The lowest BCUT2D eigenvalue weighted by Gasteiger charge is -2.24. The maximum atomic E-state index is 12.4. The molecule has 5 nitrogen and oxygen atoms in total. The van der Waals surface area contributed by atoms with E-state index >= 15 is 0 Å². The zero-order valence-corrected chi connectivity index (χ0v) is 13.5. The lowest BCUT2D eigenvalue weighted by molar-refractivity contribution is 0.0899. The highest BCUT2D eigenvalue weighted by Crippen LogP contribution is 2.29. The Morgan fingerprint density at radius 3 is 2.32 bits per heavy atom. The number of nitrogens with zero attached hydrogens (tertiary/aromatic N) is 2. The molecule has 0 bridgehead atoms. The van der Waals surface area contributed by atoms with Crippen LogP contribution in [-0.2, 0) is 18.3 Å². The summed E-state index contributed by atoms with van der Waals surface area (Å²) in [5, 5.41) is 10.0. The van der Waals surface area contributed by atoms with Crippen molar-refractivity contribution in [2.75, 3.05) is 0 Å². The summed E-state index contributed by atoms with van der Waals surface area (Å²) in [4.78, 5) is 16.8. The fourth-order valence-corrected chi connectivity index (χ4v) is 2.92. The van der Waals surface area contributed by atoms with Crippen LogP contribution in [0.3, 0.4) is 0 Å². The molecule has 2 N–H and O–H groups in total. The maximum absolute atomic E-state index is 12.4. The van der Waals surface area contributed by atoms with E-state index in [1.165, 1.54) is 11.1 Å². The minimum absolute atomic E-state index is 0.154. The predicted molar refractivity (Wildman–Crippen MR) is 84.8 cm³/mol. The maximum Gasteiger partial charge on any atom is 0.291 e. The number of carbonyl (C=O) groups is 1. The molecule has 1 amide bonds. The number of nitrogens with one attached hydrogen (secondary N) is 2. The number of aromatic nitrogens is 3. The average Bonchev–Trinajstić information content (AvgIpc) is 3.00. The van der Waals surface area contributed by atoms with Gasteiger partial charge in [-0.1, -0.05) is 45.0 Å². The van der Waals surface area contributed by atoms with Gasteiger partial charge >= 0.3 is 0 Å². The van der Waals surface area contributed by atoms with Crippen molar-refractivity contribution in [2.24, 2.45) is 0 Å². The van der Waals surface area contributed by atoms with Crippen molar-refractivity contribution in [3.8, 4) is 0 Å². The summed E-state index contributed by atoms with van der Waals surface area (Å²) in [6.07, 6.45) is 1.68. The van der Waals surface area contributed by atoms with E-state index < -0.39 is 0 Å². The summed E-state index contributed by atoms with van der Waals surface area (Å²) >= 11 is 0. The summed E-state index contributed by atoms with van der Waals surface area (Å²) < 4.78 is 0. The van der Waals surface area contributed by atoms with E-state index in [0.717, 1.165) is 18.7 Å². The van der Waals surface area contributed by atoms with E-state index in [-0.39, 0.29) is 22.7 Å². The Morgan fingerprint density at radius 2 is 1.82 bits per heavy atom. The molecule has 3 rings (SSSR count). The molecule has 1 aliphatic carbocycles. The molecular formula is C17H22N4O. The third kappa shape index (κ3) is 2.75. The highest BCUT2D eigenvalue weighted by molar-refractivity contribution is 5.91. The van der Waals surface area contributed by atoms with Crippen LogP contribution < -0.4 is 5.32 Å². The Morgan fingerprint density at radius 1 is 1.23 bits per heavy atom. The zero-order chi connectivity index (χ0) is 16.0. The first-order valence-corrected chi connectivity index (χ1v) is 7.59. The Hall–Kier alpha value is -2.17. The lowest BCUT2D eigenvalue weighted by Crippen LogP contribution is -2.47. The van der Waals surface area contributed by atoms with E-state index in [1.54, 1.807) is 0 Å². The Bertz CT molecular complexity index is 686. The van der Waals surface area contributed by atoms with E-state index in [0.29, 0.717) is 0 Å². The summed E-state index contributed by atoms with van der Waals surface area (Å²) in [7, 11) is 0. The van der Waals surface area contributed by atoms with Crippen LogP contribution in [0.1, 0.15) is 55.3 Å². The smallest absolute Gasteiger partial charge is 0.291 e. The van der Waals surface area contributed by atoms with Crippen LogP contribution in [0.2, 0.25) is 0 Å². The van der Waals surface area contributed by atoms with Crippen LogP contribution in [0.5, 0.6) is 0 Å². The molecule has 0 saturated heterocycles. The number of fused-ring (bicyclic) bond motifs is 1. The van der Waals surface area contributed by atoms with Gasteiger partial charge < -0.3 is 5.32 Å². The van der Waals surface area contributed by atoms with Crippen molar-refractivity contribution in [3.05, 3.63) is 47.0 Å². The van der Waals surface area contributed by atoms with Gasteiger partial charge in [-0.15, -0.1) is 5.10 Å². The van der Waals surface area contributed by atoms with Crippen LogP contribution >= 0.6 is 0 Å². The third-order valence-electron chi connectivity index (χ3n) is 4.09. The van der Waals surface area contributed by atoms with Crippen molar-refractivity contribution in [2.45, 2.75) is 51.5 Å². The number of aromatic amines is 1. The van der Waals surface area contributed by atoms with Gasteiger partial charge in [-0.3, -0.25) is 9.89 Å². The molecule has 1 aromatic heterocycles. The summed E-state index contributed by atoms with van der Waals surface area (Å²) in [5.74, 6) is 0.710. The molecule has 1 aromatic carbocycles. The molecule has 5 heteroatoms. The van der Waals surface area contributed by atoms with Crippen molar-refractivity contribution >= 4 is 5.91 Å². The number of carbonyl (C=O) groups excluding carboxylic acids is 1. The van der Waals surface area contributed by atoms with Crippen molar-refractivity contribution in [3.63, 3.8) is 0 Å². The summed E-state index contributed by atoms with van der Waals surface area (Å²) in [6.45, 7) is 8.17. The van der Waals surface area contributed by atoms with E-state index in [2.05, 4.69) is 39.6 Å². The van der Waals surface area contributed by atoms with Gasteiger partial charge in [-0.2, -0.15) is 0 Å². The topological polar surface area (TPSA) is 70.7 Å². The summed E-state index contributed by atoms with van der Waals surface area (Å²) in [5.41, 5.74) is 2.17. The molecule has 0 atom stereocenters. The fraction of sp³-hybridized carbons (Fsp3) is 0.471.